The summed E-state index contributed by atoms with van der Waals surface area (Å²) in [5.41, 5.74) is 13.8. The van der Waals surface area contributed by atoms with E-state index in [0.29, 0.717) is 12.6 Å². The molecular weight excluding hydrogens is 374 g/mol. The van der Waals surface area contributed by atoms with Crippen molar-refractivity contribution in [1.29, 1.82) is 0 Å². The van der Waals surface area contributed by atoms with E-state index in [0.717, 1.165) is 43.5 Å². The molecule has 0 aliphatic carbocycles. The molecule has 0 radical (unpaired) electrons. The quantitative estimate of drug-likeness (QED) is 0.706. The summed E-state index contributed by atoms with van der Waals surface area (Å²) in [6.07, 6.45) is 6.38. The van der Waals surface area contributed by atoms with E-state index in [4.69, 9.17) is 11.5 Å². The van der Waals surface area contributed by atoms with Crippen molar-refractivity contribution < 1.29 is 13.5 Å². The van der Waals surface area contributed by atoms with Crippen molar-refractivity contribution in [1.82, 2.24) is 9.88 Å². The number of ether oxygens (including phenoxy) is 1. The maximum absolute atomic E-state index is 12.5. The number of hydrogen-bond donors (Lipinski definition) is 2. The molecule has 0 saturated carbocycles. The first-order valence-electron chi connectivity index (χ1n) is 10.1. The zero-order valence-corrected chi connectivity index (χ0v) is 16.8. The Kier molecular flexibility index (Phi) is 7.16. The van der Waals surface area contributed by atoms with Gasteiger partial charge in [0.15, 0.2) is 0 Å². The predicted octanol–water partition coefficient (Wildman–Crippen LogP) is 3.33. The van der Waals surface area contributed by atoms with E-state index in [-0.39, 0.29) is 11.7 Å². The van der Waals surface area contributed by atoms with Crippen LogP contribution in [0.3, 0.4) is 0 Å². The number of benzene rings is 1. The summed E-state index contributed by atoms with van der Waals surface area (Å²) in [6.45, 7) is 1.97. The average Bonchev–Trinajstić information content (AvgIpc) is 2.74. The lowest BCUT2D eigenvalue weighted by molar-refractivity contribution is -0.0498. The average molecular weight is 405 g/mol. The molecule has 1 saturated heterocycles. The second-order valence-electron chi connectivity index (χ2n) is 7.75. The Morgan fingerprint density at radius 1 is 1.17 bits per heavy atom. The molecule has 0 spiro atoms. The van der Waals surface area contributed by atoms with Gasteiger partial charge in [-0.1, -0.05) is 18.2 Å². The number of piperidine rings is 1. The molecule has 1 aromatic carbocycles. The van der Waals surface area contributed by atoms with Crippen molar-refractivity contribution in [2.24, 2.45) is 17.4 Å². The van der Waals surface area contributed by atoms with Crippen LogP contribution in [0, 0.1) is 5.92 Å². The predicted molar refractivity (Wildman–Crippen MR) is 110 cm³/mol. The standard InChI is InChI=1S/C22H30F2N4O/c1-16(8-11-25)28-13-9-18(10-14-28)22(26,19-3-2-12-27-15-19)17-4-6-20(7-5-17)29-21(23)24/h2-7,12,15-16,18,21H,8-11,13-14,25-26H2,1H3/t16-,22?/m1/s1. The number of nitrogens with two attached hydrogens (primary N) is 2. The highest BCUT2D eigenvalue weighted by Gasteiger charge is 2.40. The van der Waals surface area contributed by atoms with Crippen molar-refractivity contribution in [3.8, 4) is 5.75 Å². The zero-order valence-electron chi connectivity index (χ0n) is 16.8. The third-order valence-electron chi connectivity index (χ3n) is 6.08. The minimum atomic E-state index is -2.85. The molecule has 158 valence electrons. The molecule has 2 atom stereocenters. The number of nitrogens with zero attached hydrogens (tertiary/aromatic N) is 2. The van der Waals surface area contributed by atoms with Gasteiger partial charge >= 0.3 is 6.61 Å². The van der Waals surface area contributed by atoms with Gasteiger partial charge in [0.25, 0.3) is 0 Å². The lowest BCUT2D eigenvalue weighted by Gasteiger charge is -2.44. The van der Waals surface area contributed by atoms with Crippen LogP contribution >= 0.6 is 0 Å². The van der Waals surface area contributed by atoms with Crippen LogP contribution < -0.4 is 16.2 Å². The molecule has 1 aromatic heterocycles. The SMILES string of the molecule is C[C@H](CCN)N1CCC(C(N)(c2ccc(OC(F)F)cc2)c2cccnc2)CC1. The zero-order chi connectivity index (χ0) is 20.9. The van der Waals surface area contributed by atoms with E-state index in [1.54, 1.807) is 36.7 Å². The molecule has 0 amide bonds. The van der Waals surface area contributed by atoms with Crippen LogP contribution in [0.2, 0.25) is 0 Å². The number of rotatable bonds is 8. The Hall–Kier alpha value is -2.09. The molecule has 1 aliphatic rings. The summed E-state index contributed by atoms with van der Waals surface area (Å²) in [5.74, 6) is 0.331. The summed E-state index contributed by atoms with van der Waals surface area (Å²) in [6, 6.07) is 11.0. The van der Waals surface area contributed by atoms with Crippen LogP contribution in [0.15, 0.2) is 48.8 Å². The molecular formula is C22H30F2N4O. The number of likely N-dealkylation sites (tertiary alicyclic amines) is 1. The Balaban J connectivity index is 1.86. The summed E-state index contributed by atoms with van der Waals surface area (Å²) in [7, 11) is 0. The van der Waals surface area contributed by atoms with E-state index in [1.165, 1.54) is 0 Å². The van der Waals surface area contributed by atoms with Gasteiger partial charge in [0.1, 0.15) is 5.75 Å². The molecule has 2 heterocycles. The largest absolute Gasteiger partial charge is 0.435 e. The maximum Gasteiger partial charge on any atom is 0.387 e. The smallest absolute Gasteiger partial charge is 0.387 e. The van der Waals surface area contributed by atoms with Crippen molar-refractivity contribution in [3.63, 3.8) is 0 Å². The number of hydrogen-bond acceptors (Lipinski definition) is 5. The van der Waals surface area contributed by atoms with Crippen molar-refractivity contribution in [3.05, 3.63) is 59.9 Å². The first-order chi connectivity index (χ1) is 13.9. The normalized spacial score (nSPS) is 19.1. The number of aromatic nitrogens is 1. The summed E-state index contributed by atoms with van der Waals surface area (Å²) >= 11 is 0. The molecule has 0 bridgehead atoms. The van der Waals surface area contributed by atoms with Gasteiger partial charge in [0.2, 0.25) is 0 Å². The van der Waals surface area contributed by atoms with E-state index >= 15 is 0 Å². The number of alkyl halides is 2. The van der Waals surface area contributed by atoms with Gasteiger partial charge in [0.05, 0.1) is 5.54 Å². The first kappa shape index (κ1) is 21.6. The highest BCUT2D eigenvalue weighted by molar-refractivity contribution is 5.40. The molecule has 1 aliphatic heterocycles. The van der Waals surface area contributed by atoms with Gasteiger partial charge in [-0.05, 0) is 81.1 Å². The van der Waals surface area contributed by atoms with Gasteiger partial charge < -0.3 is 21.1 Å². The summed E-state index contributed by atoms with van der Waals surface area (Å²) in [5, 5.41) is 0. The van der Waals surface area contributed by atoms with Gasteiger partial charge in [-0.2, -0.15) is 8.78 Å². The fraction of sp³-hybridized carbons (Fsp3) is 0.500. The highest BCUT2D eigenvalue weighted by Crippen LogP contribution is 2.40. The van der Waals surface area contributed by atoms with E-state index in [9.17, 15) is 8.78 Å². The van der Waals surface area contributed by atoms with Crippen molar-refractivity contribution in [2.75, 3.05) is 19.6 Å². The van der Waals surface area contributed by atoms with Crippen LogP contribution in [0.1, 0.15) is 37.3 Å². The van der Waals surface area contributed by atoms with Gasteiger partial charge in [-0.15, -0.1) is 0 Å². The van der Waals surface area contributed by atoms with Gasteiger partial charge in [-0.25, -0.2) is 0 Å². The molecule has 1 fully saturated rings. The monoisotopic (exact) mass is 404 g/mol. The second-order valence-corrected chi connectivity index (χ2v) is 7.75. The molecule has 7 heteroatoms. The number of halogens is 2. The molecule has 4 N–H and O–H groups in total. The Morgan fingerprint density at radius 2 is 1.86 bits per heavy atom. The van der Waals surface area contributed by atoms with Crippen molar-refractivity contribution >= 4 is 0 Å². The van der Waals surface area contributed by atoms with Gasteiger partial charge in [-0.3, -0.25) is 4.98 Å². The van der Waals surface area contributed by atoms with Crippen LogP contribution in [0.4, 0.5) is 8.78 Å². The lowest BCUT2D eigenvalue weighted by atomic mass is 9.70. The highest BCUT2D eigenvalue weighted by atomic mass is 19.3. The number of pyridine rings is 1. The van der Waals surface area contributed by atoms with Crippen LogP contribution in [-0.2, 0) is 5.54 Å². The topological polar surface area (TPSA) is 77.4 Å². The van der Waals surface area contributed by atoms with Crippen LogP contribution in [0.25, 0.3) is 0 Å². The first-order valence-corrected chi connectivity index (χ1v) is 10.1. The van der Waals surface area contributed by atoms with E-state index < -0.39 is 12.2 Å². The van der Waals surface area contributed by atoms with E-state index in [2.05, 4.69) is 21.5 Å². The Morgan fingerprint density at radius 3 is 2.41 bits per heavy atom. The van der Waals surface area contributed by atoms with E-state index in [1.807, 2.05) is 12.1 Å². The van der Waals surface area contributed by atoms with Crippen molar-refractivity contribution in [2.45, 2.75) is 44.4 Å². The molecule has 3 rings (SSSR count). The molecule has 1 unspecified atom stereocenters. The summed E-state index contributed by atoms with van der Waals surface area (Å²) < 4.78 is 29.5. The summed E-state index contributed by atoms with van der Waals surface area (Å²) in [4.78, 5) is 6.73. The minimum Gasteiger partial charge on any atom is -0.435 e. The van der Waals surface area contributed by atoms with Gasteiger partial charge in [0, 0.05) is 18.4 Å². The lowest BCUT2D eigenvalue weighted by Crippen LogP contribution is -2.51. The minimum absolute atomic E-state index is 0.128. The van der Waals surface area contributed by atoms with Crippen LogP contribution in [0.5, 0.6) is 5.75 Å². The maximum atomic E-state index is 12.5. The third kappa shape index (κ3) is 4.91. The Labute approximate surface area is 171 Å². The molecule has 2 aromatic rings. The molecule has 5 nitrogen and oxygen atoms in total. The third-order valence-corrected chi connectivity index (χ3v) is 6.08. The second kappa shape index (κ2) is 9.61. The van der Waals surface area contributed by atoms with Crippen LogP contribution in [-0.4, -0.2) is 42.2 Å². The Bertz CT molecular complexity index is 751. The molecule has 29 heavy (non-hydrogen) atoms. The fourth-order valence-electron chi connectivity index (χ4n) is 4.38. The fourth-order valence-corrected chi connectivity index (χ4v) is 4.38.